The van der Waals surface area contributed by atoms with Gasteiger partial charge in [-0.15, -0.1) is 22.9 Å². The maximum atomic E-state index is 13.9. The summed E-state index contributed by atoms with van der Waals surface area (Å²) in [5.41, 5.74) is 1.98. The first-order chi connectivity index (χ1) is 18.6. The van der Waals surface area contributed by atoms with Gasteiger partial charge in [0.25, 0.3) is 11.5 Å². The van der Waals surface area contributed by atoms with Gasteiger partial charge in [-0.3, -0.25) is 9.59 Å². The van der Waals surface area contributed by atoms with Gasteiger partial charge in [0.2, 0.25) is 0 Å². The second-order valence-corrected chi connectivity index (χ2v) is 9.54. The van der Waals surface area contributed by atoms with Gasteiger partial charge in [-0.1, -0.05) is 54.6 Å². The number of carbonyl (C=O) groups excluding carboxylic acids is 2. The maximum absolute atomic E-state index is 13.9. The lowest BCUT2D eigenvalue weighted by molar-refractivity contribution is 0.0523. The molecule has 206 valence electrons. The van der Waals surface area contributed by atoms with Gasteiger partial charge in [-0.05, 0) is 30.0 Å². The highest BCUT2D eigenvalue weighted by Gasteiger charge is 2.30. The van der Waals surface area contributed by atoms with Crippen LogP contribution in [-0.2, 0) is 11.3 Å². The van der Waals surface area contributed by atoms with E-state index in [-0.39, 0.29) is 29.8 Å². The number of nitrogens with zero attached hydrogens (tertiary/aromatic N) is 3. The van der Waals surface area contributed by atoms with Crippen LogP contribution >= 0.6 is 22.9 Å². The number of fused-ring (bicyclic) bond motifs is 1. The second kappa shape index (κ2) is 13.9. The summed E-state index contributed by atoms with van der Waals surface area (Å²) < 4.78 is 7.01. The number of thiophene rings is 1. The highest BCUT2D eigenvalue weighted by Crippen LogP contribution is 2.31. The van der Waals surface area contributed by atoms with Crippen LogP contribution in [-0.4, -0.2) is 60.5 Å². The highest BCUT2D eigenvalue weighted by atomic mass is 35.5. The molecule has 0 spiro atoms. The number of hydrogen-bond donors (Lipinski definition) is 1. The summed E-state index contributed by atoms with van der Waals surface area (Å²) in [5, 5.41) is 2.71. The lowest BCUT2D eigenvalue weighted by Gasteiger charge is -2.37. The summed E-state index contributed by atoms with van der Waals surface area (Å²) in [7, 11) is 0. The van der Waals surface area contributed by atoms with Gasteiger partial charge in [-0.25, -0.2) is 4.79 Å². The fourth-order valence-corrected chi connectivity index (χ4v) is 5.41. The molecule has 0 aliphatic carbocycles. The van der Waals surface area contributed by atoms with Crippen molar-refractivity contribution >= 4 is 51.4 Å². The summed E-state index contributed by atoms with van der Waals surface area (Å²) in [6.45, 7) is 4.27. The number of amides is 1. The van der Waals surface area contributed by atoms with Crippen molar-refractivity contribution in [1.82, 2.24) is 15.6 Å². The number of halogens is 1. The maximum Gasteiger partial charge on any atom is 0.345 e. The standard InChI is InChI=1S/C28H27N3O4S.CH3Cl.H3N/c1-2-35-28(34)24-25(29-14-16-30(17-15-29)26(32)23-13-8-18-36-23)21-11-6-7-12-22(21)31(27(24)33)19-20-9-4-3-5-10-20;1-2;/h3-13,18H,2,14-17,19H2,1H3;1H3;1H3. The van der Waals surface area contributed by atoms with Gasteiger partial charge in [0, 0.05) is 37.9 Å². The monoisotopic (exact) mass is 568 g/mol. The number of para-hydroxylation sites is 1. The van der Waals surface area contributed by atoms with E-state index in [0.717, 1.165) is 16.5 Å². The summed E-state index contributed by atoms with van der Waals surface area (Å²) in [4.78, 5) is 44.5. The number of alkyl halides is 1. The Morgan fingerprint density at radius 2 is 1.59 bits per heavy atom. The number of anilines is 1. The molecule has 0 bridgehead atoms. The van der Waals surface area contributed by atoms with Crippen LogP contribution in [0.3, 0.4) is 0 Å². The number of benzene rings is 2. The summed E-state index contributed by atoms with van der Waals surface area (Å²) in [6.07, 6.45) is 1.47. The van der Waals surface area contributed by atoms with Gasteiger partial charge in [0.05, 0.1) is 29.2 Å². The van der Waals surface area contributed by atoms with Crippen molar-refractivity contribution in [2.45, 2.75) is 13.5 Å². The van der Waals surface area contributed by atoms with E-state index >= 15 is 0 Å². The van der Waals surface area contributed by atoms with Gasteiger partial charge in [0.1, 0.15) is 5.56 Å². The molecule has 1 saturated heterocycles. The Kier molecular flexibility index (Phi) is 10.7. The van der Waals surface area contributed by atoms with Crippen LogP contribution in [0.25, 0.3) is 10.9 Å². The number of ether oxygens (including phenoxy) is 1. The Bertz CT molecular complexity index is 1450. The first-order valence-corrected chi connectivity index (χ1v) is 14.0. The minimum Gasteiger partial charge on any atom is -0.462 e. The Balaban J connectivity index is 0.00000137. The molecule has 1 amide bonds. The quantitative estimate of drug-likeness (QED) is 0.251. The van der Waals surface area contributed by atoms with Gasteiger partial charge in [-0.2, -0.15) is 0 Å². The predicted molar refractivity (Wildman–Crippen MR) is 159 cm³/mol. The van der Waals surface area contributed by atoms with Crippen molar-refractivity contribution in [2.75, 3.05) is 44.1 Å². The van der Waals surface area contributed by atoms with Gasteiger partial charge >= 0.3 is 5.97 Å². The fourth-order valence-electron chi connectivity index (χ4n) is 4.72. The molecular formula is C29H33ClN4O4S. The Labute approximate surface area is 237 Å². The first-order valence-electron chi connectivity index (χ1n) is 12.4. The van der Waals surface area contributed by atoms with E-state index < -0.39 is 5.97 Å². The Morgan fingerprint density at radius 3 is 2.23 bits per heavy atom. The average molecular weight is 569 g/mol. The van der Waals surface area contributed by atoms with Crippen LogP contribution < -0.4 is 16.6 Å². The summed E-state index contributed by atoms with van der Waals surface area (Å²) >= 11 is 6.07. The minimum absolute atomic E-state index is 0. The van der Waals surface area contributed by atoms with E-state index in [4.69, 9.17) is 4.74 Å². The zero-order valence-corrected chi connectivity index (χ0v) is 23.7. The molecule has 4 aromatic rings. The van der Waals surface area contributed by atoms with Crippen molar-refractivity contribution in [1.29, 1.82) is 0 Å². The molecule has 10 heteroatoms. The molecule has 3 heterocycles. The molecule has 8 nitrogen and oxygen atoms in total. The SMILES string of the molecule is CCOC(=O)c1c(N2CCN(C(=O)c3cccs3)CC2)c2ccccc2n(Cc2ccccc2)c1=O.CCl.N. The molecule has 3 N–H and O–H groups in total. The molecule has 0 unspecified atom stereocenters. The number of hydrogen-bond acceptors (Lipinski definition) is 7. The van der Waals surface area contributed by atoms with E-state index in [9.17, 15) is 14.4 Å². The molecule has 1 aliphatic heterocycles. The number of rotatable bonds is 6. The lowest BCUT2D eigenvalue weighted by Crippen LogP contribution is -2.49. The molecule has 2 aromatic heterocycles. The fraction of sp³-hybridized carbons (Fsp3) is 0.276. The van der Waals surface area contributed by atoms with Crippen molar-refractivity contribution in [3.05, 3.63) is 98.5 Å². The number of pyridine rings is 1. The topological polar surface area (TPSA) is 107 Å². The van der Waals surface area contributed by atoms with E-state index in [1.54, 1.807) is 11.5 Å². The minimum atomic E-state index is -0.623. The summed E-state index contributed by atoms with van der Waals surface area (Å²) in [6, 6.07) is 21.1. The van der Waals surface area contributed by atoms with E-state index in [1.165, 1.54) is 17.7 Å². The lowest BCUT2D eigenvalue weighted by atomic mass is 10.1. The predicted octanol–water partition coefficient (Wildman–Crippen LogP) is 5.27. The van der Waals surface area contributed by atoms with E-state index in [0.29, 0.717) is 43.3 Å². The third-order valence-electron chi connectivity index (χ3n) is 6.42. The summed E-state index contributed by atoms with van der Waals surface area (Å²) in [5.74, 6) is -0.611. The van der Waals surface area contributed by atoms with Crippen molar-refractivity contribution in [3.8, 4) is 0 Å². The average Bonchev–Trinajstić information content (AvgIpc) is 3.51. The molecule has 0 atom stereocenters. The van der Waals surface area contributed by atoms with Gasteiger partial charge in [0.15, 0.2) is 0 Å². The van der Waals surface area contributed by atoms with E-state index in [1.807, 2.05) is 81.9 Å². The number of carbonyl (C=O) groups is 2. The van der Waals surface area contributed by atoms with Crippen LogP contribution in [0, 0.1) is 0 Å². The molecule has 5 rings (SSSR count). The smallest absolute Gasteiger partial charge is 0.345 e. The van der Waals surface area contributed by atoms with Crippen LogP contribution in [0.5, 0.6) is 0 Å². The molecule has 0 radical (unpaired) electrons. The zero-order chi connectivity index (χ0) is 27.1. The molecule has 0 saturated carbocycles. The Morgan fingerprint density at radius 1 is 0.923 bits per heavy atom. The Hall–Kier alpha value is -3.66. The van der Waals surface area contributed by atoms with Crippen molar-refractivity contribution < 1.29 is 14.3 Å². The van der Waals surface area contributed by atoms with Gasteiger partial charge < -0.3 is 25.3 Å². The number of aromatic nitrogens is 1. The molecule has 2 aromatic carbocycles. The van der Waals surface area contributed by atoms with Crippen LogP contribution in [0.4, 0.5) is 5.69 Å². The number of esters is 1. The van der Waals surface area contributed by atoms with Crippen LogP contribution in [0.2, 0.25) is 0 Å². The van der Waals surface area contributed by atoms with E-state index in [2.05, 4.69) is 11.6 Å². The molecule has 1 aliphatic rings. The largest absolute Gasteiger partial charge is 0.462 e. The number of piperazine rings is 1. The van der Waals surface area contributed by atoms with Crippen LogP contribution in [0.15, 0.2) is 76.9 Å². The highest BCUT2D eigenvalue weighted by molar-refractivity contribution is 7.12. The zero-order valence-electron chi connectivity index (χ0n) is 22.1. The second-order valence-electron chi connectivity index (χ2n) is 8.59. The van der Waals surface area contributed by atoms with Crippen molar-refractivity contribution in [3.63, 3.8) is 0 Å². The van der Waals surface area contributed by atoms with Crippen molar-refractivity contribution in [2.24, 2.45) is 0 Å². The first kappa shape index (κ1) is 29.9. The van der Waals surface area contributed by atoms with Crippen LogP contribution in [0.1, 0.15) is 32.5 Å². The normalized spacial score (nSPS) is 12.8. The molecule has 1 fully saturated rings. The third-order valence-corrected chi connectivity index (χ3v) is 7.28. The molecular weight excluding hydrogens is 536 g/mol. The third kappa shape index (κ3) is 6.33. The molecule has 39 heavy (non-hydrogen) atoms.